The lowest BCUT2D eigenvalue weighted by Gasteiger charge is -2.52. The normalized spacial score (nSPS) is 37.6. The minimum atomic E-state index is 0.299. The van der Waals surface area contributed by atoms with Crippen molar-refractivity contribution in [1.29, 1.82) is 0 Å². The van der Waals surface area contributed by atoms with Crippen molar-refractivity contribution >= 4 is 5.78 Å². The molecule has 3 aliphatic carbocycles. The zero-order valence-corrected chi connectivity index (χ0v) is 13.8. The first kappa shape index (κ1) is 16.2. The molecule has 0 aromatic heterocycles. The number of ether oxygens (including phenoxy) is 3. The second kappa shape index (κ2) is 6.81. The van der Waals surface area contributed by atoms with Crippen LogP contribution in [-0.2, 0) is 19.0 Å². The molecule has 0 aliphatic heterocycles. The van der Waals surface area contributed by atoms with Crippen LogP contribution in [0.15, 0.2) is 11.6 Å². The molecule has 4 atom stereocenters. The third-order valence-corrected chi connectivity index (χ3v) is 6.08. The largest absolute Gasteiger partial charge is 0.382 e. The zero-order valence-electron chi connectivity index (χ0n) is 13.8. The second-order valence-corrected chi connectivity index (χ2v) is 7.27. The van der Waals surface area contributed by atoms with Crippen LogP contribution in [0.2, 0.25) is 0 Å². The molecule has 0 unspecified atom stereocenters. The second-order valence-electron chi connectivity index (χ2n) is 7.27. The van der Waals surface area contributed by atoms with Gasteiger partial charge in [0.15, 0.2) is 5.78 Å². The number of carbonyl (C=O) groups excluding carboxylic acids is 1. The van der Waals surface area contributed by atoms with Crippen molar-refractivity contribution in [3.63, 3.8) is 0 Å². The smallest absolute Gasteiger partial charge is 0.156 e. The Kier molecular flexibility index (Phi) is 5.00. The molecule has 4 heteroatoms. The highest BCUT2D eigenvalue weighted by atomic mass is 16.7. The molecule has 0 bridgehead atoms. The minimum Gasteiger partial charge on any atom is -0.382 e. The minimum absolute atomic E-state index is 0.299. The van der Waals surface area contributed by atoms with Crippen LogP contribution in [0.1, 0.15) is 45.4 Å². The van der Waals surface area contributed by atoms with E-state index in [9.17, 15) is 4.79 Å². The van der Waals surface area contributed by atoms with E-state index in [1.54, 1.807) is 7.11 Å². The maximum atomic E-state index is 11.8. The molecule has 3 rings (SSSR count). The molecule has 124 valence electrons. The molecular formula is C18H28O4. The molecule has 0 aromatic rings. The first-order valence-electron chi connectivity index (χ1n) is 8.55. The Morgan fingerprint density at radius 2 is 2.18 bits per heavy atom. The third-order valence-electron chi connectivity index (χ3n) is 6.08. The van der Waals surface area contributed by atoms with Gasteiger partial charge < -0.3 is 14.2 Å². The van der Waals surface area contributed by atoms with Crippen molar-refractivity contribution < 1.29 is 19.0 Å². The van der Waals surface area contributed by atoms with Crippen LogP contribution in [0.5, 0.6) is 0 Å². The summed E-state index contributed by atoms with van der Waals surface area (Å²) in [6.45, 7) is 3.96. The van der Waals surface area contributed by atoms with E-state index in [1.165, 1.54) is 12.0 Å². The van der Waals surface area contributed by atoms with Gasteiger partial charge in [-0.1, -0.05) is 12.5 Å². The summed E-state index contributed by atoms with van der Waals surface area (Å²) >= 11 is 0. The number of hydrogen-bond donors (Lipinski definition) is 0. The Hall–Kier alpha value is -0.710. The Morgan fingerprint density at radius 1 is 1.32 bits per heavy atom. The number of carbonyl (C=O) groups is 1. The van der Waals surface area contributed by atoms with E-state index in [0.717, 1.165) is 32.1 Å². The molecule has 0 saturated heterocycles. The molecule has 0 amide bonds. The standard InChI is InChI=1S/C18H28O4/c1-18-6-5-16(22-12-21-8-7-20-2)10-14(18)4-3-13-9-15(19)11-17(13)18/h9,14,16-17H,3-8,10-12H2,1-2H3/t14-,16+,17-,18-/m0/s1. The summed E-state index contributed by atoms with van der Waals surface area (Å²) in [5.41, 5.74) is 1.72. The summed E-state index contributed by atoms with van der Waals surface area (Å²) in [7, 11) is 1.67. The fourth-order valence-corrected chi connectivity index (χ4v) is 4.73. The molecule has 4 nitrogen and oxygen atoms in total. The van der Waals surface area contributed by atoms with Crippen molar-refractivity contribution in [2.75, 3.05) is 27.1 Å². The molecule has 0 radical (unpaired) electrons. The van der Waals surface area contributed by atoms with Crippen LogP contribution < -0.4 is 0 Å². The summed E-state index contributed by atoms with van der Waals surface area (Å²) in [6.07, 6.45) is 8.65. The summed E-state index contributed by atoms with van der Waals surface area (Å²) in [5, 5.41) is 0. The highest BCUT2D eigenvalue weighted by molar-refractivity contribution is 5.93. The van der Waals surface area contributed by atoms with Gasteiger partial charge in [0.25, 0.3) is 0 Å². The fourth-order valence-electron chi connectivity index (χ4n) is 4.73. The van der Waals surface area contributed by atoms with Crippen LogP contribution >= 0.6 is 0 Å². The number of methoxy groups -OCH3 is 1. The number of ketones is 1. The molecule has 3 aliphatic rings. The molecule has 0 spiro atoms. The van der Waals surface area contributed by atoms with Gasteiger partial charge in [0.05, 0.1) is 19.3 Å². The molecule has 22 heavy (non-hydrogen) atoms. The highest BCUT2D eigenvalue weighted by Crippen LogP contribution is 2.58. The van der Waals surface area contributed by atoms with Gasteiger partial charge in [0.2, 0.25) is 0 Å². The predicted molar refractivity (Wildman–Crippen MR) is 83.4 cm³/mol. The monoisotopic (exact) mass is 308 g/mol. The van der Waals surface area contributed by atoms with E-state index in [2.05, 4.69) is 6.92 Å². The molecule has 2 saturated carbocycles. The molecule has 0 heterocycles. The maximum absolute atomic E-state index is 11.8. The number of fused-ring (bicyclic) bond motifs is 3. The summed E-state index contributed by atoms with van der Waals surface area (Å²) < 4.78 is 16.3. The summed E-state index contributed by atoms with van der Waals surface area (Å²) in [5.74, 6) is 1.52. The Morgan fingerprint density at radius 3 is 3.00 bits per heavy atom. The van der Waals surface area contributed by atoms with Crippen LogP contribution in [0.3, 0.4) is 0 Å². The third kappa shape index (κ3) is 3.15. The number of rotatable bonds is 6. The Bertz CT molecular complexity index is 444. The van der Waals surface area contributed by atoms with Gasteiger partial charge in [0.1, 0.15) is 6.79 Å². The molecular weight excluding hydrogens is 280 g/mol. The summed E-state index contributed by atoms with van der Waals surface area (Å²) in [4.78, 5) is 11.8. The SMILES string of the molecule is COCCOCO[C@@H]1CC[C@@]2(C)[C@@H](CCC3=CC(=O)C[C@@H]32)C1. The van der Waals surface area contributed by atoms with E-state index in [4.69, 9.17) is 14.2 Å². The lowest BCUT2D eigenvalue weighted by Crippen LogP contribution is -2.45. The quantitative estimate of drug-likeness (QED) is 0.559. The van der Waals surface area contributed by atoms with Crippen molar-refractivity contribution in [2.24, 2.45) is 17.3 Å². The van der Waals surface area contributed by atoms with Gasteiger partial charge in [0, 0.05) is 13.5 Å². The van der Waals surface area contributed by atoms with Crippen molar-refractivity contribution in [3.8, 4) is 0 Å². The van der Waals surface area contributed by atoms with Crippen molar-refractivity contribution in [2.45, 2.75) is 51.6 Å². The highest BCUT2D eigenvalue weighted by Gasteiger charge is 2.50. The van der Waals surface area contributed by atoms with E-state index in [0.29, 0.717) is 49.1 Å². The average Bonchev–Trinajstić information content (AvgIpc) is 2.89. The van der Waals surface area contributed by atoms with Crippen LogP contribution in [-0.4, -0.2) is 39.0 Å². The Labute approximate surface area is 133 Å². The van der Waals surface area contributed by atoms with E-state index in [1.807, 2.05) is 6.08 Å². The maximum Gasteiger partial charge on any atom is 0.156 e. The van der Waals surface area contributed by atoms with E-state index >= 15 is 0 Å². The molecule has 2 fully saturated rings. The van der Waals surface area contributed by atoms with Gasteiger partial charge in [-0.05, 0) is 55.4 Å². The van der Waals surface area contributed by atoms with Crippen molar-refractivity contribution in [1.82, 2.24) is 0 Å². The van der Waals surface area contributed by atoms with Crippen LogP contribution in [0, 0.1) is 17.3 Å². The first-order valence-corrected chi connectivity index (χ1v) is 8.55. The molecule has 0 N–H and O–H groups in total. The van der Waals surface area contributed by atoms with E-state index in [-0.39, 0.29) is 0 Å². The first-order chi connectivity index (χ1) is 10.6. The lowest BCUT2D eigenvalue weighted by atomic mass is 9.54. The van der Waals surface area contributed by atoms with Gasteiger partial charge in [-0.15, -0.1) is 0 Å². The van der Waals surface area contributed by atoms with E-state index < -0.39 is 0 Å². The number of allylic oxidation sites excluding steroid dienone is 2. The van der Waals surface area contributed by atoms with Crippen molar-refractivity contribution in [3.05, 3.63) is 11.6 Å². The molecule has 0 aromatic carbocycles. The van der Waals surface area contributed by atoms with Gasteiger partial charge in [-0.3, -0.25) is 4.79 Å². The summed E-state index contributed by atoms with van der Waals surface area (Å²) in [6, 6.07) is 0. The lowest BCUT2D eigenvalue weighted by molar-refractivity contribution is -0.131. The van der Waals surface area contributed by atoms with Crippen LogP contribution in [0.4, 0.5) is 0 Å². The fraction of sp³-hybridized carbons (Fsp3) is 0.833. The average molecular weight is 308 g/mol. The van der Waals surface area contributed by atoms with Gasteiger partial charge >= 0.3 is 0 Å². The number of hydrogen-bond acceptors (Lipinski definition) is 4. The zero-order chi connectivity index (χ0) is 15.6. The predicted octanol–water partition coefficient (Wildman–Crippen LogP) is 3.11. The van der Waals surface area contributed by atoms with Crippen LogP contribution in [0.25, 0.3) is 0 Å². The van der Waals surface area contributed by atoms with Gasteiger partial charge in [-0.2, -0.15) is 0 Å². The Balaban J connectivity index is 1.52. The van der Waals surface area contributed by atoms with Gasteiger partial charge in [-0.25, -0.2) is 0 Å². The topological polar surface area (TPSA) is 44.8 Å².